The second kappa shape index (κ2) is 32.4. The van der Waals surface area contributed by atoms with E-state index in [9.17, 15) is 46.8 Å². The summed E-state index contributed by atoms with van der Waals surface area (Å²) < 4.78 is 28.5. The van der Waals surface area contributed by atoms with Crippen molar-refractivity contribution in [1.82, 2.24) is 46.4 Å². The third-order valence-electron chi connectivity index (χ3n) is 12.5. The molecular formula is C49H83N13O10S3. The molecular weight excluding hydrogens is 1030 g/mol. The van der Waals surface area contributed by atoms with Crippen LogP contribution < -0.4 is 53.8 Å². The molecule has 23 nitrogen and oxygen atoms in total. The van der Waals surface area contributed by atoms with Crippen LogP contribution in [0.3, 0.4) is 0 Å². The number of hydrogen-bond donors (Lipinski definition) is 10. The Morgan fingerprint density at radius 1 is 0.693 bits per heavy atom. The second-order valence-electron chi connectivity index (χ2n) is 19.7. The number of benzene rings is 1. The first-order valence-electron chi connectivity index (χ1n) is 25.7. The summed E-state index contributed by atoms with van der Waals surface area (Å²) in [4.78, 5) is 117. The standard InChI is InChI=1S/C49H83N13O10S3/c1-30(2)28-37(58-42(64)34(51)18-26-73-6)47(69)62-25-9-11-40(62)46(68)57-35(16-17-41(52)63)43(65)56-36(19-27-74-7)44(66)59-38(29-31(3)4)48(70)61-24-8-10-39(61)45(67)53-22-23-55-49(54-21-20-50)60-75(71,72)33-14-12-32(5)13-15-33/h12-15,30-31,34-40H,8-11,16-29,50-51H2,1-7H3,(H2,52,63)(H,53,67)(H,56,65)(H,57,68)(H,58,64)(H,59,66)(H2,54,55,60)/t34-,35-,36-,37-,38-,39-,40-/m0/s1. The normalized spacial score (nSPS) is 17.9. The molecule has 8 amide bonds. The van der Waals surface area contributed by atoms with Crippen molar-refractivity contribution in [3.05, 3.63) is 29.8 Å². The van der Waals surface area contributed by atoms with E-state index in [1.54, 1.807) is 23.9 Å². The smallest absolute Gasteiger partial charge is 0.264 e. The van der Waals surface area contributed by atoms with Crippen LogP contribution in [-0.4, -0.2) is 177 Å². The van der Waals surface area contributed by atoms with Crippen LogP contribution in [0.1, 0.15) is 97.5 Å². The molecule has 0 aliphatic carbocycles. The van der Waals surface area contributed by atoms with Gasteiger partial charge in [0.1, 0.15) is 36.3 Å². The Morgan fingerprint density at radius 2 is 1.19 bits per heavy atom. The molecule has 2 fully saturated rings. The molecule has 422 valence electrons. The Bertz CT molecular complexity index is 2220. The van der Waals surface area contributed by atoms with Crippen molar-refractivity contribution in [2.75, 3.05) is 63.3 Å². The summed E-state index contributed by atoms with van der Waals surface area (Å²) in [6.07, 6.45) is 5.86. The molecule has 2 heterocycles. The van der Waals surface area contributed by atoms with Gasteiger partial charge < -0.3 is 58.9 Å². The lowest BCUT2D eigenvalue weighted by Crippen LogP contribution is -2.60. The molecule has 2 saturated heterocycles. The van der Waals surface area contributed by atoms with E-state index in [0.29, 0.717) is 43.6 Å². The molecule has 0 aromatic heterocycles. The van der Waals surface area contributed by atoms with E-state index >= 15 is 0 Å². The van der Waals surface area contributed by atoms with Gasteiger partial charge in [-0.2, -0.15) is 23.5 Å². The highest BCUT2D eigenvalue weighted by molar-refractivity contribution is 7.98. The average molecular weight is 1110 g/mol. The van der Waals surface area contributed by atoms with Crippen LogP contribution in [0.25, 0.3) is 0 Å². The molecule has 0 spiro atoms. The van der Waals surface area contributed by atoms with Gasteiger partial charge in [0.2, 0.25) is 53.2 Å². The molecule has 26 heteroatoms. The number of sulfonamides is 1. The number of likely N-dealkylation sites (tertiary alicyclic amines) is 2. The van der Waals surface area contributed by atoms with Crippen molar-refractivity contribution in [3.8, 4) is 0 Å². The highest BCUT2D eigenvalue weighted by atomic mass is 32.2. The van der Waals surface area contributed by atoms with Crippen LogP contribution in [0.15, 0.2) is 34.2 Å². The van der Waals surface area contributed by atoms with Crippen molar-refractivity contribution in [1.29, 1.82) is 0 Å². The van der Waals surface area contributed by atoms with Crippen LogP contribution in [0, 0.1) is 18.8 Å². The molecule has 2 aliphatic heterocycles. The lowest BCUT2D eigenvalue weighted by molar-refractivity contribution is -0.143. The summed E-state index contributed by atoms with van der Waals surface area (Å²) in [6.45, 7) is 10.3. The maximum atomic E-state index is 14.4. The maximum Gasteiger partial charge on any atom is 0.264 e. The minimum Gasteiger partial charge on any atom is -0.370 e. The van der Waals surface area contributed by atoms with Crippen LogP contribution >= 0.6 is 23.5 Å². The maximum absolute atomic E-state index is 14.4. The summed E-state index contributed by atoms with van der Waals surface area (Å²) in [5, 5.41) is 16.8. The molecule has 13 N–H and O–H groups in total. The number of nitrogens with two attached hydrogens (primary N) is 3. The topological polar surface area (TPSA) is 352 Å². The van der Waals surface area contributed by atoms with Crippen molar-refractivity contribution >= 4 is 86.8 Å². The van der Waals surface area contributed by atoms with E-state index in [1.807, 2.05) is 47.1 Å². The number of rotatable bonds is 31. The van der Waals surface area contributed by atoms with E-state index in [0.717, 1.165) is 5.56 Å². The number of carbonyl (C=O) groups is 8. The molecule has 0 radical (unpaired) electrons. The molecule has 7 atom stereocenters. The Kier molecular flexibility index (Phi) is 27.7. The zero-order valence-electron chi connectivity index (χ0n) is 44.6. The van der Waals surface area contributed by atoms with E-state index < -0.39 is 99.6 Å². The number of aliphatic imine (C=N–C) groups is 1. The fourth-order valence-corrected chi connectivity index (χ4v) is 10.6. The third-order valence-corrected chi connectivity index (χ3v) is 15.2. The minimum atomic E-state index is -3.98. The molecule has 0 saturated carbocycles. The SMILES string of the molecule is CSCC[C@H](NC(=O)[C@H](CCC(N)=O)NC(=O)[C@@H]1CCCN1C(=O)[C@H](CC(C)C)NC(=O)[C@@H](N)CCSC)C(=O)N[C@@H](CC(C)C)C(=O)N1CCC[C@H]1C(=O)NCCNC(=NCCN)NS(=O)(=O)c1ccc(C)cc1. The van der Waals surface area contributed by atoms with Crippen molar-refractivity contribution in [2.45, 2.75) is 146 Å². The molecule has 1 aromatic rings. The Hall–Kier alpha value is -5.18. The van der Waals surface area contributed by atoms with Crippen LogP contribution in [0.4, 0.5) is 0 Å². The Labute approximate surface area is 451 Å². The van der Waals surface area contributed by atoms with Gasteiger partial charge in [-0.3, -0.25) is 43.3 Å². The molecule has 0 unspecified atom stereocenters. The molecule has 2 aliphatic rings. The lowest BCUT2D eigenvalue weighted by Gasteiger charge is -2.31. The Morgan fingerprint density at radius 3 is 1.71 bits per heavy atom. The molecule has 3 rings (SSSR count). The van der Waals surface area contributed by atoms with Crippen molar-refractivity contribution < 1.29 is 46.8 Å². The van der Waals surface area contributed by atoms with E-state index in [1.165, 1.54) is 33.7 Å². The van der Waals surface area contributed by atoms with Gasteiger partial charge in [-0.1, -0.05) is 45.4 Å². The van der Waals surface area contributed by atoms with E-state index in [4.69, 9.17) is 17.2 Å². The van der Waals surface area contributed by atoms with E-state index in [2.05, 4.69) is 41.6 Å². The zero-order chi connectivity index (χ0) is 55.8. The summed E-state index contributed by atoms with van der Waals surface area (Å²) in [6, 6.07) is -0.991. The highest BCUT2D eigenvalue weighted by Gasteiger charge is 2.41. The van der Waals surface area contributed by atoms with Gasteiger partial charge in [-0.25, -0.2) is 13.1 Å². The van der Waals surface area contributed by atoms with Crippen molar-refractivity contribution in [3.63, 3.8) is 0 Å². The number of hydrogen-bond acceptors (Lipinski definition) is 15. The second-order valence-corrected chi connectivity index (χ2v) is 23.4. The fraction of sp³-hybridized carbons (Fsp3) is 0.694. The largest absolute Gasteiger partial charge is 0.370 e. The fourth-order valence-electron chi connectivity index (χ4n) is 8.61. The Balaban J connectivity index is 1.73. The predicted molar refractivity (Wildman–Crippen MR) is 292 cm³/mol. The van der Waals surface area contributed by atoms with Crippen LogP contribution in [0.2, 0.25) is 0 Å². The first-order chi connectivity index (χ1) is 35.5. The number of carbonyl (C=O) groups excluding carboxylic acids is 8. The highest BCUT2D eigenvalue weighted by Crippen LogP contribution is 2.23. The number of nitrogens with one attached hydrogen (secondary N) is 7. The number of amides is 8. The zero-order valence-corrected chi connectivity index (χ0v) is 47.1. The number of primary amides is 1. The molecule has 1 aromatic carbocycles. The predicted octanol–water partition coefficient (Wildman–Crippen LogP) is -0.594. The summed E-state index contributed by atoms with van der Waals surface area (Å²) in [5.41, 5.74) is 18.1. The molecule has 0 bridgehead atoms. The minimum absolute atomic E-state index is 0.00518. The number of aryl methyl sites for hydroxylation is 1. The third kappa shape index (κ3) is 21.4. The first-order valence-corrected chi connectivity index (χ1v) is 30.0. The lowest BCUT2D eigenvalue weighted by atomic mass is 10.0. The van der Waals surface area contributed by atoms with Crippen molar-refractivity contribution in [2.24, 2.45) is 34.0 Å². The van der Waals surface area contributed by atoms with Gasteiger partial charge in [0.15, 0.2) is 0 Å². The summed E-state index contributed by atoms with van der Waals surface area (Å²) in [7, 11) is -3.98. The van der Waals surface area contributed by atoms with Crippen LogP contribution in [0.5, 0.6) is 0 Å². The summed E-state index contributed by atoms with van der Waals surface area (Å²) in [5.74, 6) is -3.78. The number of thioether (sulfide) groups is 2. The van der Waals surface area contributed by atoms with Gasteiger partial charge in [-0.05, 0) is 113 Å². The van der Waals surface area contributed by atoms with E-state index in [-0.39, 0.29) is 94.1 Å². The van der Waals surface area contributed by atoms with Gasteiger partial charge >= 0.3 is 0 Å². The van der Waals surface area contributed by atoms with Gasteiger partial charge in [0, 0.05) is 39.1 Å². The van der Waals surface area contributed by atoms with Gasteiger partial charge in [0.05, 0.1) is 17.5 Å². The monoisotopic (exact) mass is 1110 g/mol. The summed E-state index contributed by atoms with van der Waals surface area (Å²) >= 11 is 2.96. The first kappa shape index (κ1) is 64.1. The van der Waals surface area contributed by atoms with Crippen LogP contribution in [-0.2, 0) is 48.4 Å². The van der Waals surface area contributed by atoms with Gasteiger partial charge in [0.25, 0.3) is 10.0 Å². The van der Waals surface area contributed by atoms with Gasteiger partial charge in [-0.15, -0.1) is 0 Å². The quantitative estimate of drug-likeness (QED) is 0.0252. The average Bonchev–Trinajstić information content (AvgIpc) is 4.06. The molecule has 75 heavy (non-hydrogen) atoms. The number of nitrogens with zero attached hydrogens (tertiary/aromatic N) is 3. The number of guanidine groups is 1.